The van der Waals surface area contributed by atoms with Crippen molar-refractivity contribution in [2.75, 3.05) is 9.80 Å². The first-order chi connectivity index (χ1) is 17.8. The van der Waals surface area contributed by atoms with Crippen molar-refractivity contribution in [2.45, 2.75) is 13.2 Å². The maximum atomic E-state index is 9.49. The summed E-state index contributed by atoms with van der Waals surface area (Å²) in [5, 5.41) is 19.0. The van der Waals surface area contributed by atoms with Crippen LogP contribution < -0.4 is 9.80 Å². The second kappa shape index (κ2) is 10.9. The monoisotopic (exact) mass is 472 g/mol. The molecular weight excluding hydrogens is 444 g/mol. The topological polar surface area (TPSA) is 46.9 Å². The Labute approximate surface area is 211 Å². The molecule has 4 nitrogen and oxygen atoms in total. The highest BCUT2D eigenvalue weighted by Gasteiger charge is 2.15. The summed E-state index contributed by atoms with van der Waals surface area (Å²) in [7, 11) is 0. The van der Waals surface area contributed by atoms with Crippen molar-refractivity contribution in [1.82, 2.24) is 0 Å². The van der Waals surface area contributed by atoms with Gasteiger partial charge in [-0.3, -0.25) is 0 Å². The number of anilines is 6. The van der Waals surface area contributed by atoms with E-state index in [0.29, 0.717) is 0 Å². The minimum absolute atomic E-state index is 0.00891. The van der Waals surface area contributed by atoms with E-state index in [0.717, 1.165) is 45.3 Å². The van der Waals surface area contributed by atoms with Gasteiger partial charge < -0.3 is 20.0 Å². The van der Waals surface area contributed by atoms with Crippen LogP contribution in [0.1, 0.15) is 11.1 Å². The predicted molar refractivity (Wildman–Crippen MR) is 148 cm³/mol. The molecular formula is C32H28N2O2. The molecule has 36 heavy (non-hydrogen) atoms. The number of aliphatic hydroxyl groups excluding tert-OH is 2. The molecule has 0 atom stereocenters. The molecule has 0 spiro atoms. The van der Waals surface area contributed by atoms with Gasteiger partial charge in [-0.2, -0.15) is 0 Å². The molecule has 0 unspecified atom stereocenters. The standard InChI is InChI=1S/C32H28N2O2/c35-23-25-11-15-29(16-12-25)34(30-17-13-26(24-36)14-18-30)32-21-19-31(20-22-32)33(27-7-3-1-4-8-27)28-9-5-2-6-10-28/h1-22,35-36H,23-24H2. The number of nitrogens with zero attached hydrogens (tertiary/aromatic N) is 2. The highest BCUT2D eigenvalue weighted by molar-refractivity contribution is 5.81. The molecule has 178 valence electrons. The van der Waals surface area contributed by atoms with E-state index >= 15 is 0 Å². The molecule has 0 aliphatic heterocycles. The molecule has 5 aromatic carbocycles. The van der Waals surface area contributed by atoms with Gasteiger partial charge in [0.25, 0.3) is 0 Å². The quantitative estimate of drug-likeness (QED) is 0.244. The Morgan fingerprint density at radius 1 is 0.333 bits per heavy atom. The number of para-hydroxylation sites is 2. The Kier molecular flexibility index (Phi) is 7.08. The van der Waals surface area contributed by atoms with Crippen LogP contribution >= 0.6 is 0 Å². The second-order valence-corrected chi connectivity index (χ2v) is 8.51. The molecule has 0 amide bonds. The summed E-state index contributed by atoms with van der Waals surface area (Å²) in [6.07, 6.45) is 0. The molecule has 5 rings (SSSR count). The van der Waals surface area contributed by atoms with Crippen LogP contribution in [0.2, 0.25) is 0 Å². The van der Waals surface area contributed by atoms with Gasteiger partial charge in [0.15, 0.2) is 0 Å². The molecule has 0 saturated carbocycles. The molecule has 5 aromatic rings. The minimum atomic E-state index is 0.00891. The van der Waals surface area contributed by atoms with Gasteiger partial charge in [-0.15, -0.1) is 0 Å². The SMILES string of the molecule is OCc1ccc(N(c2ccc(CO)cc2)c2ccc(N(c3ccccc3)c3ccccc3)cc2)cc1. The van der Waals surface area contributed by atoms with E-state index in [1.165, 1.54) is 0 Å². The van der Waals surface area contributed by atoms with Crippen molar-refractivity contribution >= 4 is 34.1 Å². The molecule has 0 aliphatic rings. The Hall–Kier alpha value is -4.38. The van der Waals surface area contributed by atoms with Gasteiger partial charge in [0.2, 0.25) is 0 Å². The highest BCUT2D eigenvalue weighted by Crippen LogP contribution is 2.38. The number of benzene rings is 5. The molecule has 0 aliphatic carbocycles. The maximum absolute atomic E-state index is 9.49. The van der Waals surface area contributed by atoms with Crippen molar-refractivity contribution in [1.29, 1.82) is 0 Å². The summed E-state index contributed by atoms with van der Waals surface area (Å²) in [5.41, 5.74) is 7.95. The molecule has 0 fully saturated rings. The zero-order valence-corrected chi connectivity index (χ0v) is 19.9. The highest BCUT2D eigenvalue weighted by atomic mass is 16.3. The third kappa shape index (κ3) is 5.01. The normalized spacial score (nSPS) is 10.7. The third-order valence-electron chi connectivity index (χ3n) is 6.15. The molecule has 0 heterocycles. The lowest BCUT2D eigenvalue weighted by atomic mass is 10.1. The van der Waals surface area contributed by atoms with E-state index in [1.807, 2.05) is 84.9 Å². The van der Waals surface area contributed by atoms with Crippen molar-refractivity contribution in [3.05, 3.63) is 145 Å². The van der Waals surface area contributed by atoms with Gasteiger partial charge in [0, 0.05) is 34.1 Å². The average Bonchev–Trinajstić information content (AvgIpc) is 2.96. The molecule has 0 saturated heterocycles. The van der Waals surface area contributed by atoms with Crippen molar-refractivity contribution in [3.63, 3.8) is 0 Å². The maximum Gasteiger partial charge on any atom is 0.0681 e. The van der Waals surface area contributed by atoms with Gasteiger partial charge in [-0.1, -0.05) is 60.7 Å². The smallest absolute Gasteiger partial charge is 0.0681 e. The van der Waals surface area contributed by atoms with E-state index in [1.54, 1.807) is 0 Å². The lowest BCUT2D eigenvalue weighted by Crippen LogP contribution is -2.12. The van der Waals surface area contributed by atoms with E-state index in [2.05, 4.69) is 58.3 Å². The van der Waals surface area contributed by atoms with E-state index in [9.17, 15) is 10.2 Å². The van der Waals surface area contributed by atoms with Gasteiger partial charge >= 0.3 is 0 Å². The molecule has 4 heteroatoms. The number of hydrogen-bond acceptors (Lipinski definition) is 4. The van der Waals surface area contributed by atoms with Crippen LogP contribution in [0.3, 0.4) is 0 Å². The summed E-state index contributed by atoms with van der Waals surface area (Å²) in [5.74, 6) is 0. The van der Waals surface area contributed by atoms with Crippen molar-refractivity contribution in [3.8, 4) is 0 Å². The molecule has 0 bridgehead atoms. The van der Waals surface area contributed by atoms with Crippen LogP contribution in [0.4, 0.5) is 34.1 Å². The van der Waals surface area contributed by atoms with Crippen molar-refractivity contribution < 1.29 is 10.2 Å². The lowest BCUT2D eigenvalue weighted by molar-refractivity contribution is 0.281. The molecule has 0 aromatic heterocycles. The Morgan fingerprint density at radius 2 is 0.583 bits per heavy atom. The van der Waals surface area contributed by atoms with E-state index in [-0.39, 0.29) is 13.2 Å². The average molecular weight is 473 g/mol. The van der Waals surface area contributed by atoms with Crippen LogP contribution in [0, 0.1) is 0 Å². The fourth-order valence-electron chi connectivity index (χ4n) is 4.30. The van der Waals surface area contributed by atoms with Crippen LogP contribution in [-0.2, 0) is 13.2 Å². The van der Waals surface area contributed by atoms with E-state index < -0.39 is 0 Å². The second-order valence-electron chi connectivity index (χ2n) is 8.51. The first-order valence-corrected chi connectivity index (χ1v) is 12.0. The predicted octanol–water partition coefficient (Wildman–Crippen LogP) is 7.61. The van der Waals surface area contributed by atoms with Gasteiger partial charge in [0.05, 0.1) is 13.2 Å². The van der Waals surface area contributed by atoms with Gasteiger partial charge in [-0.25, -0.2) is 0 Å². The number of aliphatic hydroxyl groups is 2. The third-order valence-corrected chi connectivity index (χ3v) is 6.15. The Bertz CT molecular complexity index is 1280. The summed E-state index contributed by atoms with van der Waals surface area (Å²) < 4.78 is 0. The number of rotatable bonds is 8. The van der Waals surface area contributed by atoms with Gasteiger partial charge in [-0.05, 0) is 83.9 Å². The zero-order valence-electron chi connectivity index (χ0n) is 19.9. The fourth-order valence-corrected chi connectivity index (χ4v) is 4.30. The van der Waals surface area contributed by atoms with Crippen LogP contribution in [0.15, 0.2) is 133 Å². The van der Waals surface area contributed by atoms with Crippen molar-refractivity contribution in [2.24, 2.45) is 0 Å². The van der Waals surface area contributed by atoms with E-state index in [4.69, 9.17) is 0 Å². The van der Waals surface area contributed by atoms with Gasteiger partial charge in [0.1, 0.15) is 0 Å². The largest absolute Gasteiger partial charge is 0.392 e. The summed E-state index contributed by atoms with van der Waals surface area (Å²) in [6, 6.07) is 45.0. The first kappa shape index (κ1) is 23.4. The fraction of sp³-hybridized carbons (Fsp3) is 0.0625. The summed E-state index contributed by atoms with van der Waals surface area (Å²) >= 11 is 0. The van der Waals surface area contributed by atoms with Crippen LogP contribution in [0.5, 0.6) is 0 Å². The zero-order chi connectivity index (χ0) is 24.7. The Morgan fingerprint density at radius 3 is 0.861 bits per heavy atom. The van der Waals surface area contributed by atoms with Crippen LogP contribution in [-0.4, -0.2) is 10.2 Å². The lowest BCUT2D eigenvalue weighted by Gasteiger charge is -2.28. The molecule has 0 radical (unpaired) electrons. The summed E-state index contributed by atoms with van der Waals surface area (Å²) in [4.78, 5) is 4.40. The minimum Gasteiger partial charge on any atom is -0.392 e. The first-order valence-electron chi connectivity index (χ1n) is 12.0. The molecule has 2 N–H and O–H groups in total. The van der Waals surface area contributed by atoms with Crippen LogP contribution in [0.25, 0.3) is 0 Å². The Balaban J connectivity index is 1.56. The number of hydrogen-bond donors (Lipinski definition) is 2. The summed E-state index contributed by atoms with van der Waals surface area (Å²) in [6.45, 7) is 0.0178.